The van der Waals surface area contributed by atoms with Crippen molar-refractivity contribution in [2.24, 2.45) is 0 Å². The summed E-state index contributed by atoms with van der Waals surface area (Å²) in [6.07, 6.45) is 5.66. The van der Waals surface area contributed by atoms with Gasteiger partial charge in [-0.15, -0.1) is 11.3 Å². The zero-order valence-corrected chi connectivity index (χ0v) is 13.6. The second kappa shape index (κ2) is 5.30. The molecule has 96 valence electrons. The summed E-state index contributed by atoms with van der Waals surface area (Å²) in [5, 5.41) is 3.18. The molecule has 0 atom stereocenters. The third-order valence-corrected chi connectivity index (χ3v) is 5.78. The first-order valence-corrected chi connectivity index (χ1v) is 8.31. The molecule has 1 aliphatic rings. The number of anilines is 1. The Morgan fingerprint density at radius 1 is 1.17 bits per heavy atom. The standard InChI is InChI=1S/C11H12Br2N4S/c12-9-10(13)17(7-14-9)8-6-18-11(15-8)16-4-2-1-3-5-16/h6-7H,1-5H2. The molecule has 2 aromatic heterocycles. The fourth-order valence-electron chi connectivity index (χ4n) is 2.07. The molecule has 3 heterocycles. The second-order valence-electron chi connectivity index (χ2n) is 4.23. The van der Waals surface area contributed by atoms with Gasteiger partial charge in [0.05, 0.1) is 0 Å². The Morgan fingerprint density at radius 2 is 1.94 bits per heavy atom. The van der Waals surface area contributed by atoms with E-state index in [0.29, 0.717) is 0 Å². The van der Waals surface area contributed by atoms with E-state index in [4.69, 9.17) is 4.98 Å². The Balaban J connectivity index is 1.87. The summed E-state index contributed by atoms with van der Waals surface area (Å²) in [5.74, 6) is 0.922. The summed E-state index contributed by atoms with van der Waals surface area (Å²) >= 11 is 8.58. The van der Waals surface area contributed by atoms with Gasteiger partial charge >= 0.3 is 0 Å². The summed E-state index contributed by atoms with van der Waals surface area (Å²) in [7, 11) is 0. The van der Waals surface area contributed by atoms with Crippen LogP contribution in [0.1, 0.15) is 19.3 Å². The normalized spacial score (nSPS) is 16.2. The highest BCUT2D eigenvalue weighted by Gasteiger charge is 2.16. The van der Waals surface area contributed by atoms with Gasteiger partial charge in [-0.2, -0.15) is 0 Å². The zero-order chi connectivity index (χ0) is 12.5. The molecule has 0 saturated carbocycles. The van der Waals surface area contributed by atoms with Crippen molar-refractivity contribution in [3.8, 4) is 5.82 Å². The lowest BCUT2D eigenvalue weighted by Gasteiger charge is -2.25. The van der Waals surface area contributed by atoms with Crippen LogP contribution < -0.4 is 4.90 Å². The van der Waals surface area contributed by atoms with Crippen molar-refractivity contribution in [1.82, 2.24) is 14.5 Å². The van der Waals surface area contributed by atoms with Crippen molar-refractivity contribution in [2.75, 3.05) is 18.0 Å². The van der Waals surface area contributed by atoms with E-state index in [1.807, 2.05) is 4.57 Å². The van der Waals surface area contributed by atoms with E-state index in [1.54, 1.807) is 17.7 Å². The molecule has 0 aliphatic carbocycles. The fraction of sp³-hybridized carbons (Fsp3) is 0.455. The fourth-order valence-corrected chi connectivity index (χ4v) is 3.58. The number of nitrogens with zero attached hydrogens (tertiary/aromatic N) is 4. The molecular formula is C11H12Br2N4S. The minimum Gasteiger partial charge on any atom is -0.348 e. The van der Waals surface area contributed by atoms with E-state index in [2.05, 4.69) is 47.1 Å². The highest BCUT2D eigenvalue weighted by molar-refractivity contribution is 9.13. The van der Waals surface area contributed by atoms with Gasteiger partial charge in [0.2, 0.25) is 0 Å². The summed E-state index contributed by atoms with van der Waals surface area (Å²) in [6, 6.07) is 0. The van der Waals surface area contributed by atoms with Gasteiger partial charge in [-0.25, -0.2) is 9.97 Å². The second-order valence-corrected chi connectivity index (χ2v) is 6.57. The molecule has 1 aliphatic heterocycles. The molecule has 1 fully saturated rings. The quantitative estimate of drug-likeness (QED) is 0.779. The number of hydrogen-bond acceptors (Lipinski definition) is 4. The molecule has 0 aromatic carbocycles. The largest absolute Gasteiger partial charge is 0.348 e. The molecular weight excluding hydrogens is 380 g/mol. The van der Waals surface area contributed by atoms with Crippen molar-refractivity contribution in [3.05, 3.63) is 20.9 Å². The molecule has 0 amide bonds. The number of hydrogen-bond donors (Lipinski definition) is 0. The average molecular weight is 392 g/mol. The first kappa shape index (κ1) is 12.6. The van der Waals surface area contributed by atoms with Gasteiger partial charge in [0.15, 0.2) is 10.9 Å². The van der Waals surface area contributed by atoms with E-state index >= 15 is 0 Å². The summed E-state index contributed by atoms with van der Waals surface area (Å²) < 4.78 is 3.64. The summed E-state index contributed by atoms with van der Waals surface area (Å²) in [5.41, 5.74) is 0. The van der Waals surface area contributed by atoms with Crippen LogP contribution in [0.2, 0.25) is 0 Å². The monoisotopic (exact) mass is 390 g/mol. The van der Waals surface area contributed by atoms with Crippen molar-refractivity contribution in [1.29, 1.82) is 0 Å². The van der Waals surface area contributed by atoms with E-state index in [1.165, 1.54) is 19.3 Å². The number of aromatic nitrogens is 3. The highest BCUT2D eigenvalue weighted by atomic mass is 79.9. The van der Waals surface area contributed by atoms with Crippen LogP contribution >= 0.6 is 43.2 Å². The van der Waals surface area contributed by atoms with Crippen LogP contribution in [0.5, 0.6) is 0 Å². The first-order chi connectivity index (χ1) is 8.75. The van der Waals surface area contributed by atoms with Crippen LogP contribution in [0, 0.1) is 0 Å². The topological polar surface area (TPSA) is 34.0 Å². The minimum absolute atomic E-state index is 0.801. The molecule has 7 heteroatoms. The van der Waals surface area contributed by atoms with Gasteiger partial charge in [0.25, 0.3) is 0 Å². The number of imidazole rings is 1. The predicted molar refractivity (Wildman–Crippen MR) is 80.7 cm³/mol. The molecule has 0 bridgehead atoms. The number of halogens is 2. The number of rotatable bonds is 2. The van der Waals surface area contributed by atoms with Crippen molar-refractivity contribution >= 4 is 48.3 Å². The van der Waals surface area contributed by atoms with Crippen LogP contribution in [0.4, 0.5) is 5.13 Å². The van der Waals surface area contributed by atoms with Crippen molar-refractivity contribution in [2.45, 2.75) is 19.3 Å². The Labute approximate surface area is 126 Å². The number of piperidine rings is 1. The van der Waals surface area contributed by atoms with E-state index in [0.717, 1.165) is 33.2 Å². The molecule has 1 saturated heterocycles. The van der Waals surface area contributed by atoms with Crippen LogP contribution in [0.3, 0.4) is 0 Å². The Kier molecular flexibility index (Phi) is 3.72. The SMILES string of the molecule is Brc1ncn(-c2csc(N3CCCCC3)n2)c1Br. The lowest BCUT2D eigenvalue weighted by molar-refractivity contribution is 0.576. The van der Waals surface area contributed by atoms with Crippen LogP contribution in [-0.4, -0.2) is 27.6 Å². The van der Waals surface area contributed by atoms with Crippen LogP contribution in [-0.2, 0) is 0 Å². The smallest absolute Gasteiger partial charge is 0.187 e. The molecule has 0 unspecified atom stereocenters. The van der Waals surface area contributed by atoms with Crippen LogP contribution in [0.15, 0.2) is 20.9 Å². The lowest BCUT2D eigenvalue weighted by atomic mass is 10.1. The Morgan fingerprint density at radius 3 is 2.61 bits per heavy atom. The van der Waals surface area contributed by atoms with E-state index in [9.17, 15) is 0 Å². The molecule has 3 rings (SSSR count). The molecule has 4 nitrogen and oxygen atoms in total. The van der Waals surface area contributed by atoms with E-state index < -0.39 is 0 Å². The van der Waals surface area contributed by atoms with Gasteiger partial charge in [-0.1, -0.05) is 0 Å². The third kappa shape index (κ3) is 2.35. The molecule has 2 aromatic rings. The van der Waals surface area contributed by atoms with Gasteiger partial charge in [-0.3, -0.25) is 4.57 Å². The van der Waals surface area contributed by atoms with Crippen LogP contribution in [0.25, 0.3) is 5.82 Å². The first-order valence-electron chi connectivity index (χ1n) is 5.85. The van der Waals surface area contributed by atoms with Gasteiger partial charge in [0.1, 0.15) is 15.5 Å². The maximum atomic E-state index is 4.69. The molecule has 0 N–H and O–H groups in total. The maximum Gasteiger partial charge on any atom is 0.187 e. The highest BCUT2D eigenvalue weighted by Crippen LogP contribution is 2.29. The van der Waals surface area contributed by atoms with E-state index in [-0.39, 0.29) is 0 Å². The molecule has 18 heavy (non-hydrogen) atoms. The zero-order valence-electron chi connectivity index (χ0n) is 9.64. The Hall–Kier alpha value is -0.400. The maximum absolute atomic E-state index is 4.69. The minimum atomic E-state index is 0.801. The Bertz CT molecular complexity index is 545. The van der Waals surface area contributed by atoms with Gasteiger partial charge in [-0.05, 0) is 51.1 Å². The van der Waals surface area contributed by atoms with Gasteiger partial charge < -0.3 is 4.90 Å². The number of thiazole rings is 1. The van der Waals surface area contributed by atoms with Gasteiger partial charge in [0, 0.05) is 18.5 Å². The van der Waals surface area contributed by atoms with Crippen molar-refractivity contribution < 1.29 is 0 Å². The molecule has 0 spiro atoms. The lowest BCUT2D eigenvalue weighted by Crippen LogP contribution is -2.29. The molecule has 0 radical (unpaired) electrons. The van der Waals surface area contributed by atoms with Crippen molar-refractivity contribution in [3.63, 3.8) is 0 Å². The third-order valence-electron chi connectivity index (χ3n) is 3.02. The summed E-state index contributed by atoms with van der Waals surface area (Å²) in [4.78, 5) is 11.3. The predicted octanol–water partition coefficient (Wildman–Crippen LogP) is 3.84. The average Bonchev–Trinajstić information content (AvgIpc) is 3.00. The summed E-state index contributed by atoms with van der Waals surface area (Å²) in [6.45, 7) is 2.25.